The van der Waals surface area contributed by atoms with Crippen molar-refractivity contribution >= 4 is 22.7 Å². The van der Waals surface area contributed by atoms with E-state index in [1.807, 2.05) is 47.8 Å². The number of benzene rings is 1. The Bertz CT molecular complexity index is 675. The SMILES string of the molecule is C(=N/c1nc(-c2ccccc2)cs1)/c1ccncc1. The Morgan fingerprint density at radius 1 is 1.00 bits per heavy atom. The quantitative estimate of drug-likeness (QED) is 0.672. The van der Waals surface area contributed by atoms with Gasteiger partial charge in [0.05, 0.1) is 5.69 Å². The second kappa shape index (κ2) is 5.54. The van der Waals surface area contributed by atoms with Crippen molar-refractivity contribution in [1.82, 2.24) is 9.97 Å². The van der Waals surface area contributed by atoms with Gasteiger partial charge in [-0.3, -0.25) is 4.98 Å². The van der Waals surface area contributed by atoms with Gasteiger partial charge in [0.1, 0.15) is 0 Å². The van der Waals surface area contributed by atoms with Crippen LogP contribution in [0.15, 0.2) is 65.2 Å². The van der Waals surface area contributed by atoms with E-state index in [4.69, 9.17) is 0 Å². The van der Waals surface area contributed by atoms with Crippen LogP contribution in [0.4, 0.5) is 5.13 Å². The maximum Gasteiger partial charge on any atom is 0.209 e. The lowest BCUT2D eigenvalue weighted by Gasteiger charge is -1.93. The van der Waals surface area contributed by atoms with Crippen LogP contribution >= 0.6 is 11.3 Å². The fourth-order valence-electron chi connectivity index (χ4n) is 1.64. The Balaban J connectivity index is 1.81. The van der Waals surface area contributed by atoms with Gasteiger partial charge in [0.15, 0.2) is 0 Å². The number of aromatic nitrogens is 2. The van der Waals surface area contributed by atoms with Crippen molar-refractivity contribution in [1.29, 1.82) is 0 Å². The molecular weight excluding hydrogens is 254 g/mol. The van der Waals surface area contributed by atoms with Crippen LogP contribution in [0.3, 0.4) is 0 Å². The highest BCUT2D eigenvalue weighted by Gasteiger charge is 2.02. The summed E-state index contributed by atoms with van der Waals surface area (Å²) in [5.74, 6) is 0. The summed E-state index contributed by atoms with van der Waals surface area (Å²) < 4.78 is 0. The molecule has 0 amide bonds. The van der Waals surface area contributed by atoms with Gasteiger partial charge in [0.2, 0.25) is 5.13 Å². The average molecular weight is 265 g/mol. The summed E-state index contributed by atoms with van der Waals surface area (Å²) >= 11 is 1.54. The Kier molecular flexibility index (Phi) is 3.42. The van der Waals surface area contributed by atoms with E-state index in [0.29, 0.717) is 0 Å². The van der Waals surface area contributed by atoms with Crippen LogP contribution in [-0.4, -0.2) is 16.2 Å². The molecule has 0 unspecified atom stereocenters. The normalized spacial score (nSPS) is 10.9. The second-order valence-corrected chi connectivity index (χ2v) is 4.76. The van der Waals surface area contributed by atoms with Gasteiger partial charge >= 0.3 is 0 Å². The zero-order chi connectivity index (χ0) is 12.9. The maximum absolute atomic E-state index is 4.50. The van der Waals surface area contributed by atoms with Crippen LogP contribution in [0.25, 0.3) is 11.3 Å². The molecule has 2 aromatic heterocycles. The number of hydrogen-bond acceptors (Lipinski definition) is 4. The van der Waals surface area contributed by atoms with Gasteiger partial charge in [0, 0.05) is 29.6 Å². The van der Waals surface area contributed by atoms with Gasteiger partial charge in [-0.2, -0.15) is 0 Å². The first-order valence-electron chi connectivity index (χ1n) is 5.87. The largest absolute Gasteiger partial charge is 0.265 e. The Morgan fingerprint density at radius 3 is 2.58 bits per heavy atom. The van der Waals surface area contributed by atoms with Gasteiger partial charge in [-0.1, -0.05) is 30.3 Å². The molecule has 0 radical (unpaired) electrons. The molecule has 0 N–H and O–H groups in total. The minimum absolute atomic E-state index is 0.760. The first kappa shape index (κ1) is 11.7. The number of thiazole rings is 1. The van der Waals surface area contributed by atoms with Crippen LogP contribution in [0, 0.1) is 0 Å². The zero-order valence-electron chi connectivity index (χ0n) is 10.1. The van der Waals surface area contributed by atoms with Crippen molar-refractivity contribution in [2.75, 3.05) is 0 Å². The Morgan fingerprint density at radius 2 is 1.79 bits per heavy atom. The smallest absolute Gasteiger partial charge is 0.209 e. The highest BCUT2D eigenvalue weighted by molar-refractivity contribution is 7.13. The van der Waals surface area contributed by atoms with E-state index in [1.54, 1.807) is 18.6 Å². The molecule has 0 aliphatic carbocycles. The fraction of sp³-hybridized carbons (Fsp3) is 0. The molecule has 3 rings (SSSR count). The summed E-state index contributed by atoms with van der Waals surface area (Å²) in [5.41, 5.74) is 3.10. The highest BCUT2D eigenvalue weighted by atomic mass is 32.1. The molecule has 0 atom stereocenters. The van der Waals surface area contributed by atoms with E-state index in [2.05, 4.69) is 15.0 Å². The second-order valence-electron chi connectivity index (χ2n) is 3.92. The molecule has 2 heterocycles. The summed E-state index contributed by atoms with van der Waals surface area (Å²) in [4.78, 5) is 12.8. The number of pyridine rings is 1. The minimum Gasteiger partial charge on any atom is -0.265 e. The van der Waals surface area contributed by atoms with Crippen molar-refractivity contribution < 1.29 is 0 Å². The first-order valence-corrected chi connectivity index (χ1v) is 6.75. The summed E-state index contributed by atoms with van der Waals surface area (Å²) in [7, 11) is 0. The zero-order valence-corrected chi connectivity index (χ0v) is 10.9. The lowest BCUT2D eigenvalue weighted by atomic mass is 10.2. The van der Waals surface area contributed by atoms with Crippen molar-refractivity contribution in [3.05, 3.63) is 65.8 Å². The van der Waals surface area contributed by atoms with Crippen molar-refractivity contribution in [2.24, 2.45) is 4.99 Å². The van der Waals surface area contributed by atoms with Crippen LogP contribution in [0.5, 0.6) is 0 Å². The van der Waals surface area contributed by atoms with Crippen LogP contribution < -0.4 is 0 Å². The molecule has 1 aromatic carbocycles. The predicted octanol–water partition coefficient (Wildman–Crippen LogP) is 3.96. The minimum atomic E-state index is 0.760. The number of hydrogen-bond donors (Lipinski definition) is 0. The van der Waals surface area contributed by atoms with E-state index >= 15 is 0 Å². The summed E-state index contributed by atoms with van der Waals surface area (Å²) in [6, 6.07) is 13.9. The lowest BCUT2D eigenvalue weighted by Crippen LogP contribution is -1.80. The molecule has 19 heavy (non-hydrogen) atoms. The summed E-state index contributed by atoms with van der Waals surface area (Å²) in [6.45, 7) is 0. The number of rotatable bonds is 3. The predicted molar refractivity (Wildman–Crippen MR) is 79.0 cm³/mol. The molecule has 92 valence electrons. The van der Waals surface area contributed by atoms with E-state index < -0.39 is 0 Å². The third-order valence-electron chi connectivity index (χ3n) is 2.59. The van der Waals surface area contributed by atoms with E-state index in [-0.39, 0.29) is 0 Å². The molecule has 3 nitrogen and oxygen atoms in total. The van der Waals surface area contributed by atoms with Gasteiger partial charge < -0.3 is 0 Å². The molecule has 0 saturated carbocycles. The molecule has 0 saturated heterocycles. The highest BCUT2D eigenvalue weighted by Crippen LogP contribution is 2.26. The number of aliphatic imine (C=N–C) groups is 1. The van der Waals surface area contributed by atoms with Crippen molar-refractivity contribution in [3.8, 4) is 11.3 Å². The molecule has 0 fully saturated rings. The molecule has 3 aromatic rings. The maximum atomic E-state index is 4.50. The Hall–Kier alpha value is -2.33. The van der Waals surface area contributed by atoms with Crippen LogP contribution in [0.1, 0.15) is 5.56 Å². The lowest BCUT2D eigenvalue weighted by molar-refractivity contribution is 1.32. The monoisotopic (exact) mass is 265 g/mol. The average Bonchev–Trinajstić information content (AvgIpc) is 2.96. The standard InChI is InChI=1S/C15H11N3S/c1-2-4-13(5-3-1)14-11-19-15(18-14)17-10-12-6-8-16-9-7-12/h1-11H/b17-10-. The molecular formula is C15H11N3S. The molecule has 0 aliphatic rings. The summed E-state index contributed by atoms with van der Waals surface area (Å²) in [6.07, 6.45) is 5.30. The first-order chi connectivity index (χ1) is 9.42. The van der Waals surface area contributed by atoms with E-state index in [0.717, 1.165) is 22.0 Å². The summed E-state index contributed by atoms with van der Waals surface area (Å²) in [5, 5.41) is 2.78. The van der Waals surface area contributed by atoms with Gasteiger partial charge in [0.25, 0.3) is 0 Å². The molecule has 0 spiro atoms. The van der Waals surface area contributed by atoms with Crippen molar-refractivity contribution in [2.45, 2.75) is 0 Å². The molecule has 4 heteroatoms. The van der Waals surface area contributed by atoms with Gasteiger partial charge in [-0.05, 0) is 17.7 Å². The van der Waals surface area contributed by atoms with Crippen LogP contribution in [-0.2, 0) is 0 Å². The fourth-order valence-corrected chi connectivity index (χ4v) is 2.31. The van der Waals surface area contributed by atoms with Gasteiger partial charge in [-0.25, -0.2) is 9.98 Å². The third kappa shape index (κ3) is 2.92. The third-order valence-corrected chi connectivity index (χ3v) is 3.34. The van der Waals surface area contributed by atoms with E-state index in [9.17, 15) is 0 Å². The van der Waals surface area contributed by atoms with Gasteiger partial charge in [-0.15, -0.1) is 11.3 Å². The van der Waals surface area contributed by atoms with Crippen molar-refractivity contribution in [3.63, 3.8) is 0 Å². The van der Waals surface area contributed by atoms with E-state index in [1.165, 1.54) is 11.3 Å². The Labute approximate surface area is 115 Å². The number of nitrogens with zero attached hydrogens (tertiary/aromatic N) is 3. The topological polar surface area (TPSA) is 38.1 Å². The van der Waals surface area contributed by atoms with Crippen LogP contribution in [0.2, 0.25) is 0 Å². The molecule has 0 bridgehead atoms. The molecule has 0 aliphatic heterocycles.